The minimum atomic E-state index is 0.180. The van der Waals surface area contributed by atoms with Crippen LogP contribution in [0.3, 0.4) is 0 Å². The maximum absolute atomic E-state index is 8.72. The lowest BCUT2D eigenvalue weighted by molar-refractivity contribution is -0.121. The molecule has 0 aromatic carbocycles. The molecule has 0 aromatic heterocycles. The van der Waals surface area contributed by atoms with Gasteiger partial charge in [0.15, 0.2) is 0 Å². The largest absolute Gasteiger partial charge is 0.380 e. The molecular weight excluding hydrogens is 164 g/mol. The fourth-order valence-corrected chi connectivity index (χ4v) is 2.22. The molecule has 2 heterocycles. The van der Waals surface area contributed by atoms with Crippen molar-refractivity contribution in [1.82, 2.24) is 4.90 Å². The van der Waals surface area contributed by atoms with E-state index in [1.165, 1.54) is 25.9 Å². The highest BCUT2D eigenvalue weighted by Crippen LogP contribution is 2.32. The van der Waals surface area contributed by atoms with Gasteiger partial charge in [0, 0.05) is 18.4 Å². The van der Waals surface area contributed by atoms with Crippen LogP contribution in [0, 0.1) is 16.7 Å². The Morgan fingerprint density at radius 1 is 1.31 bits per heavy atom. The van der Waals surface area contributed by atoms with Gasteiger partial charge in [-0.25, -0.2) is 0 Å². The van der Waals surface area contributed by atoms with Crippen molar-refractivity contribution in [2.45, 2.75) is 19.3 Å². The Morgan fingerprint density at radius 2 is 2.00 bits per heavy atom. The predicted octanol–water partition coefficient (Wildman–Crippen LogP) is 1.01. The summed E-state index contributed by atoms with van der Waals surface area (Å²) in [4.78, 5) is 2.47. The number of nitrogens with zero attached hydrogens (tertiary/aromatic N) is 2. The molecular formula is C10H16N2O. The van der Waals surface area contributed by atoms with Crippen molar-refractivity contribution in [2.24, 2.45) is 5.41 Å². The van der Waals surface area contributed by atoms with Crippen LogP contribution in [0.2, 0.25) is 0 Å². The molecule has 0 aliphatic carbocycles. The maximum atomic E-state index is 8.72. The first-order chi connectivity index (χ1) is 6.35. The van der Waals surface area contributed by atoms with E-state index in [4.69, 9.17) is 10.00 Å². The van der Waals surface area contributed by atoms with Gasteiger partial charge in [-0.2, -0.15) is 5.26 Å². The van der Waals surface area contributed by atoms with E-state index in [0.717, 1.165) is 19.8 Å². The summed E-state index contributed by atoms with van der Waals surface area (Å²) < 4.78 is 5.22. The number of nitriles is 1. The molecule has 3 heteroatoms. The molecule has 2 fully saturated rings. The topological polar surface area (TPSA) is 36.3 Å². The van der Waals surface area contributed by atoms with E-state index in [0.29, 0.717) is 6.42 Å². The summed E-state index contributed by atoms with van der Waals surface area (Å²) >= 11 is 0. The Hall–Kier alpha value is -0.590. The second kappa shape index (κ2) is 3.65. The van der Waals surface area contributed by atoms with Gasteiger partial charge in [-0.1, -0.05) is 0 Å². The van der Waals surface area contributed by atoms with E-state index in [-0.39, 0.29) is 5.41 Å². The minimum Gasteiger partial charge on any atom is -0.380 e. The van der Waals surface area contributed by atoms with Gasteiger partial charge in [0.2, 0.25) is 0 Å². The Kier molecular flexibility index (Phi) is 2.52. The lowest BCUT2D eigenvalue weighted by atomic mass is 9.82. The standard InChI is InChI=1S/C10H16N2O/c11-4-3-10(8-13-9-10)7-12-5-1-2-6-12/h1-3,5-9H2. The molecule has 0 bridgehead atoms. The molecule has 2 saturated heterocycles. The smallest absolute Gasteiger partial charge is 0.0629 e. The van der Waals surface area contributed by atoms with Crippen LogP contribution in [0.15, 0.2) is 0 Å². The molecule has 0 saturated carbocycles. The van der Waals surface area contributed by atoms with Crippen molar-refractivity contribution in [1.29, 1.82) is 5.26 Å². The monoisotopic (exact) mass is 180 g/mol. The number of ether oxygens (including phenoxy) is 1. The van der Waals surface area contributed by atoms with E-state index >= 15 is 0 Å². The number of rotatable bonds is 3. The Bertz CT molecular complexity index is 211. The molecule has 2 aliphatic rings. The predicted molar refractivity (Wildman–Crippen MR) is 49.2 cm³/mol. The number of hydrogen-bond donors (Lipinski definition) is 0. The van der Waals surface area contributed by atoms with Crippen molar-refractivity contribution in [3.63, 3.8) is 0 Å². The quantitative estimate of drug-likeness (QED) is 0.650. The van der Waals surface area contributed by atoms with Crippen LogP contribution in [0.25, 0.3) is 0 Å². The Morgan fingerprint density at radius 3 is 2.46 bits per heavy atom. The molecule has 0 unspecified atom stereocenters. The third-order valence-electron chi connectivity index (χ3n) is 3.03. The van der Waals surface area contributed by atoms with Crippen LogP contribution in [-0.4, -0.2) is 37.7 Å². The molecule has 2 rings (SSSR count). The maximum Gasteiger partial charge on any atom is 0.0629 e. The van der Waals surface area contributed by atoms with E-state index in [1.807, 2.05) is 0 Å². The van der Waals surface area contributed by atoms with Gasteiger partial charge >= 0.3 is 0 Å². The van der Waals surface area contributed by atoms with Crippen LogP contribution in [0.4, 0.5) is 0 Å². The fraction of sp³-hybridized carbons (Fsp3) is 0.900. The van der Waals surface area contributed by atoms with Crippen LogP contribution in [0.5, 0.6) is 0 Å². The van der Waals surface area contributed by atoms with Gasteiger partial charge in [0.05, 0.1) is 19.3 Å². The summed E-state index contributed by atoms with van der Waals surface area (Å²) in [5.41, 5.74) is 0.180. The Balaban J connectivity index is 1.86. The Labute approximate surface area is 79.3 Å². The summed E-state index contributed by atoms with van der Waals surface area (Å²) in [5, 5.41) is 8.72. The van der Waals surface area contributed by atoms with Gasteiger partial charge < -0.3 is 9.64 Å². The normalized spacial score (nSPS) is 26.7. The first kappa shape index (κ1) is 8.98. The fourth-order valence-electron chi connectivity index (χ4n) is 2.22. The van der Waals surface area contributed by atoms with Crippen LogP contribution >= 0.6 is 0 Å². The van der Waals surface area contributed by atoms with Crippen molar-refractivity contribution >= 4 is 0 Å². The zero-order chi connectivity index (χ0) is 9.15. The van der Waals surface area contributed by atoms with Gasteiger partial charge in [-0.05, 0) is 25.9 Å². The summed E-state index contributed by atoms with van der Waals surface area (Å²) in [6.45, 7) is 5.08. The second-order valence-corrected chi connectivity index (χ2v) is 4.31. The first-order valence-electron chi connectivity index (χ1n) is 5.02. The van der Waals surface area contributed by atoms with E-state index in [1.54, 1.807) is 0 Å². The van der Waals surface area contributed by atoms with Crippen LogP contribution in [-0.2, 0) is 4.74 Å². The van der Waals surface area contributed by atoms with Gasteiger partial charge in [0.25, 0.3) is 0 Å². The van der Waals surface area contributed by atoms with Crippen molar-refractivity contribution in [2.75, 3.05) is 32.8 Å². The lowest BCUT2D eigenvalue weighted by Gasteiger charge is -2.42. The van der Waals surface area contributed by atoms with Gasteiger partial charge in [-0.3, -0.25) is 0 Å². The number of hydrogen-bond acceptors (Lipinski definition) is 3. The van der Waals surface area contributed by atoms with Gasteiger partial charge in [-0.15, -0.1) is 0 Å². The van der Waals surface area contributed by atoms with Crippen LogP contribution in [0.1, 0.15) is 19.3 Å². The third kappa shape index (κ3) is 1.84. The minimum absolute atomic E-state index is 0.180. The van der Waals surface area contributed by atoms with E-state index in [2.05, 4.69) is 11.0 Å². The first-order valence-corrected chi connectivity index (χ1v) is 5.02. The molecule has 2 aliphatic heterocycles. The van der Waals surface area contributed by atoms with Crippen LogP contribution < -0.4 is 0 Å². The summed E-state index contributed by atoms with van der Waals surface area (Å²) in [7, 11) is 0. The molecule has 0 amide bonds. The highest BCUT2D eigenvalue weighted by molar-refractivity contribution is 4.96. The zero-order valence-corrected chi connectivity index (χ0v) is 7.96. The molecule has 0 aromatic rings. The SMILES string of the molecule is N#CCC1(CN2CCCC2)COC1. The summed E-state index contributed by atoms with van der Waals surface area (Å²) in [6, 6.07) is 2.28. The molecule has 72 valence electrons. The highest BCUT2D eigenvalue weighted by atomic mass is 16.5. The zero-order valence-electron chi connectivity index (χ0n) is 7.96. The van der Waals surface area contributed by atoms with Crippen molar-refractivity contribution < 1.29 is 4.74 Å². The highest BCUT2D eigenvalue weighted by Gasteiger charge is 2.40. The molecule has 0 spiro atoms. The number of likely N-dealkylation sites (tertiary alicyclic amines) is 1. The average molecular weight is 180 g/mol. The molecule has 3 nitrogen and oxygen atoms in total. The molecule has 13 heavy (non-hydrogen) atoms. The third-order valence-corrected chi connectivity index (χ3v) is 3.03. The average Bonchev–Trinajstić information content (AvgIpc) is 2.53. The lowest BCUT2D eigenvalue weighted by Crippen LogP contribution is -2.50. The molecule has 0 N–H and O–H groups in total. The summed E-state index contributed by atoms with van der Waals surface area (Å²) in [6.07, 6.45) is 3.30. The van der Waals surface area contributed by atoms with Crippen molar-refractivity contribution in [3.8, 4) is 6.07 Å². The van der Waals surface area contributed by atoms with E-state index in [9.17, 15) is 0 Å². The molecule has 0 atom stereocenters. The molecule has 0 radical (unpaired) electrons. The summed E-state index contributed by atoms with van der Waals surface area (Å²) in [5.74, 6) is 0. The van der Waals surface area contributed by atoms with Gasteiger partial charge in [0.1, 0.15) is 0 Å². The second-order valence-electron chi connectivity index (χ2n) is 4.31. The van der Waals surface area contributed by atoms with Crippen molar-refractivity contribution in [3.05, 3.63) is 0 Å². The van der Waals surface area contributed by atoms with E-state index < -0.39 is 0 Å².